The third-order valence-electron chi connectivity index (χ3n) is 5.91. The molecular formula is C22H21FN4O3. The molecule has 4 heterocycles. The van der Waals surface area contributed by atoms with E-state index in [9.17, 15) is 9.18 Å². The molecule has 2 saturated heterocycles. The van der Waals surface area contributed by atoms with Crippen LogP contribution in [0.2, 0.25) is 0 Å². The second kappa shape index (κ2) is 7.85. The van der Waals surface area contributed by atoms with Crippen molar-refractivity contribution in [2.24, 2.45) is 0 Å². The molecule has 7 nitrogen and oxygen atoms in total. The fourth-order valence-electron chi connectivity index (χ4n) is 4.55. The van der Waals surface area contributed by atoms with E-state index in [0.29, 0.717) is 17.5 Å². The van der Waals surface area contributed by atoms with Crippen LogP contribution in [0.4, 0.5) is 4.39 Å². The smallest absolute Gasteiger partial charge is 0.261 e. The lowest BCUT2D eigenvalue weighted by molar-refractivity contribution is -0.138. The van der Waals surface area contributed by atoms with E-state index in [1.807, 2.05) is 17.0 Å². The Morgan fingerprint density at radius 3 is 2.63 bits per heavy atom. The van der Waals surface area contributed by atoms with E-state index in [4.69, 9.17) is 9.26 Å². The number of aromatic nitrogens is 3. The fraction of sp³-hybridized carbons (Fsp3) is 0.364. The highest BCUT2D eigenvalue weighted by Gasteiger charge is 2.45. The number of carbonyl (C=O) groups excluding carboxylic acids is 1. The number of ether oxygens (including phenoxy) is 1. The molecule has 8 heteroatoms. The Bertz CT molecular complexity index is 1010. The summed E-state index contributed by atoms with van der Waals surface area (Å²) in [5.74, 6) is 1.42. The monoisotopic (exact) mass is 408 g/mol. The number of fused-ring (bicyclic) bond motifs is 2. The predicted octanol–water partition coefficient (Wildman–Crippen LogP) is 3.59. The highest BCUT2D eigenvalue weighted by Crippen LogP contribution is 2.43. The number of carbonyl (C=O) groups is 1. The highest BCUT2D eigenvalue weighted by molar-refractivity contribution is 5.79. The maximum Gasteiger partial charge on any atom is 0.261 e. The number of pyridine rings is 1. The van der Waals surface area contributed by atoms with Crippen molar-refractivity contribution in [1.82, 2.24) is 20.0 Å². The van der Waals surface area contributed by atoms with Gasteiger partial charge in [-0.1, -0.05) is 5.16 Å². The van der Waals surface area contributed by atoms with Gasteiger partial charge in [-0.2, -0.15) is 4.98 Å². The number of hydrogen-bond acceptors (Lipinski definition) is 6. The second-order valence-electron chi connectivity index (χ2n) is 7.79. The SMILES string of the molecule is O=C(COc1ccc(F)cc1)N1C2CCC1CC(c1nc(-c3cccnc3)no1)C2. The van der Waals surface area contributed by atoms with E-state index in [-0.39, 0.29) is 36.3 Å². The summed E-state index contributed by atoms with van der Waals surface area (Å²) in [6.45, 7) is -0.0466. The Labute approximate surface area is 172 Å². The van der Waals surface area contributed by atoms with Gasteiger partial charge in [-0.25, -0.2) is 4.39 Å². The summed E-state index contributed by atoms with van der Waals surface area (Å²) < 4.78 is 24.1. The zero-order chi connectivity index (χ0) is 20.5. The van der Waals surface area contributed by atoms with Crippen LogP contribution >= 0.6 is 0 Å². The quantitative estimate of drug-likeness (QED) is 0.642. The van der Waals surface area contributed by atoms with E-state index >= 15 is 0 Å². The van der Waals surface area contributed by atoms with Crippen LogP contribution in [0.3, 0.4) is 0 Å². The van der Waals surface area contributed by atoms with Gasteiger partial charge in [0.2, 0.25) is 11.7 Å². The number of benzene rings is 1. The molecule has 1 aromatic carbocycles. The van der Waals surface area contributed by atoms with Crippen LogP contribution in [0.25, 0.3) is 11.4 Å². The van der Waals surface area contributed by atoms with Crippen LogP contribution in [0.1, 0.15) is 37.5 Å². The first-order chi connectivity index (χ1) is 14.7. The van der Waals surface area contributed by atoms with Crippen molar-refractivity contribution in [1.29, 1.82) is 0 Å². The van der Waals surface area contributed by atoms with Crippen molar-refractivity contribution in [3.05, 3.63) is 60.5 Å². The minimum atomic E-state index is -0.332. The molecule has 0 radical (unpaired) electrons. The summed E-state index contributed by atoms with van der Waals surface area (Å²) in [5, 5.41) is 4.10. The minimum Gasteiger partial charge on any atom is -0.484 e. The summed E-state index contributed by atoms with van der Waals surface area (Å²) in [6.07, 6.45) is 6.94. The molecule has 0 N–H and O–H groups in total. The lowest BCUT2D eigenvalue weighted by Gasteiger charge is -2.37. The fourth-order valence-corrected chi connectivity index (χ4v) is 4.55. The van der Waals surface area contributed by atoms with Crippen LogP contribution < -0.4 is 4.74 Å². The number of nitrogens with zero attached hydrogens (tertiary/aromatic N) is 4. The van der Waals surface area contributed by atoms with Crippen molar-refractivity contribution >= 4 is 5.91 Å². The van der Waals surface area contributed by atoms with E-state index in [1.54, 1.807) is 12.4 Å². The molecule has 1 amide bonds. The first-order valence-corrected chi connectivity index (χ1v) is 10.1. The van der Waals surface area contributed by atoms with E-state index < -0.39 is 0 Å². The van der Waals surface area contributed by atoms with Crippen LogP contribution in [0, 0.1) is 5.82 Å². The van der Waals surface area contributed by atoms with Gasteiger partial charge in [-0.15, -0.1) is 0 Å². The maximum atomic E-state index is 13.0. The lowest BCUT2D eigenvalue weighted by atomic mass is 9.90. The number of amides is 1. The molecule has 2 aromatic heterocycles. The Kier molecular flexibility index (Phi) is 4.90. The van der Waals surface area contributed by atoms with Gasteiger partial charge in [0, 0.05) is 36.0 Å². The van der Waals surface area contributed by atoms with Gasteiger partial charge in [-0.3, -0.25) is 9.78 Å². The summed E-state index contributed by atoms with van der Waals surface area (Å²) in [4.78, 5) is 23.4. The molecule has 30 heavy (non-hydrogen) atoms. The second-order valence-corrected chi connectivity index (χ2v) is 7.79. The average Bonchev–Trinajstić information content (AvgIpc) is 3.37. The molecule has 154 valence electrons. The number of halogens is 1. The summed E-state index contributed by atoms with van der Waals surface area (Å²) in [5.41, 5.74) is 0.820. The van der Waals surface area contributed by atoms with Crippen molar-refractivity contribution in [2.45, 2.75) is 43.7 Å². The summed E-state index contributed by atoms with van der Waals surface area (Å²) in [6, 6.07) is 9.71. The van der Waals surface area contributed by atoms with Crippen LogP contribution in [-0.2, 0) is 4.79 Å². The van der Waals surface area contributed by atoms with Crippen LogP contribution in [0.15, 0.2) is 53.3 Å². The normalized spacial score (nSPS) is 22.8. The molecule has 2 aliphatic heterocycles. The largest absolute Gasteiger partial charge is 0.484 e. The Morgan fingerprint density at radius 1 is 1.17 bits per heavy atom. The van der Waals surface area contributed by atoms with Gasteiger partial charge in [0.25, 0.3) is 5.91 Å². The first kappa shape index (κ1) is 18.7. The van der Waals surface area contributed by atoms with E-state index in [1.165, 1.54) is 24.3 Å². The van der Waals surface area contributed by atoms with Gasteiger partial charge in [0.05, 0.1) is 0 Å². The molecule has 3 aromatic rings. The minimum absolute atomic E-state index is 0.0353. The Hall–Kier alpha value is -3.29. The predicted molar refractivity (Wildman–Crippen MR) is 105 cm³/mol. The molecule has 0 spiro atoms. The van der Waals surface area contributed by atoms with Gasteiger partial charge < -0.3 is 14.2 Å². The number of piperidine rings is 1. The van der Waals surface area contributed by atoms with Gasteiger partial charge in [-0.05, 0) is 62.1 Å². The molecule has 5 rings (SSSR count). The zero-order valence-corrected chi connectivity index (χ0v) is 16.3. The Morgan fingerprint density at radius 2 is 1.93 bits per heavy atom. The molecule has 2 bridgehead atoms. The third-order valence-corrected chi connectivity index (χ3v) is 5.91. The van der Waals surface area contributed by atoms with Gasteiger partial charge in [0.1, 0.15) is 11.6 Å². The van der Waals surface area contributed by atoms with Gasteiger partial charge in [0.15, 0.2) is 6.61 Å². The van der Waals surface area contributed by atoms with Crippen molar-refractivity contribution < 1.29 is 18.4 Å². The molecular weight excluding hydrogens is 387 g/mol. The molecule has 0 saturated carbocycles. The standard InChI is InChI=1S/C22H21FN4O3/c23-16-3-7-19(8-4-16)29-13-20(28)27-17-5-6-18(27)11-15(10-17)22-25-21(26-30-22)14-2-1-9-24-12-14/h1-4,7-9,12,15,17-18H,5-6,10-11,13H2. The number of hydrogen-bond donors (Lipinski definition) is 0. The molecule has 2 atom stereocenters. The highest BCUT2D eigenvalue weighted by atomic mass is 19.1. The molecule has 2 fully saturated rings. The van der Waals surface area contributed by atoms with Crippen molar-refractivity contribution in [3.8, 4) is 17.1 Å². The summed E-state index contributed by atoms with van der Waals surface area (Å²) in [7, 11) is 0. The molecule has 2 unspecified atom stereocenters. The zero-order valence-electron chi connectivity index (χ0n) is 16.3. The topological polar surface area (TPSA) is 81.4 Å². The average molecular weight is 408 g/mol. The third kappa shape index (κ3) is 3.65. The van der Waals surface area contributed by atoms with Crippen molar-refractivity contribution in [2.75, 3.05) is 6.61 Å². The van der Waals surface area contributed by atoms with Crippen LogP contribution in [0.5, 0.6) is 5.75 Å². The Balaban J connectivity index is 1.23. The van der Waals surface area contributed by atoms with Gasteiger partial charge >= 0.3 is 0 Å². The summed E-state index contributed by atoms with van der Waals surface area (Å²) >= 11 is 0. The number of rotatable bonds is 5. The maximum absolute atomic E-state index is 13.0. The van der Waals surface area contributed by atoms with Crippen LogP contribution in [-0.4, -0.2) is 44.6 Å². The van der Waals surface area contributed by atoms with E-state index in [2.05, 4.69) is 15.1 Å². The first-order valence-electron chi connectivity index (χ1n) is 10.1. The van der Waals surface area contributed by atoms with Crippen molar-refractivity contribution in [3.63, 3.8) is 0 Å². The molecule has 2 aliphatic rings. The van der Waals surface area contributed by atoms with E-state index in [0.717, 1.165) is 31.2 Å². The lowest BCUT2D eigenvalue weighted by Crippen LogP contribution is -2.47. The molecule has 0 aliphatic carbocycles.